The highest BCUT2D eigenvalue weighted by atomic mass is 16.6. The second-order valence-corrected chi connectivity index (χ2v) is 4.27. The van der Waals surface area contributed by atoms with Gasteiger partial charge in [0.1, 0.15) is 5.60 Å². The van der Waals surface area contributed by atoms with Crippen molar-refractivity contribution in [3.05, 3.63) is 12.2 Å². The third kappa shape index (κ3) is 1.62. The van der Waals surface area contributed by atoms with Crippen LogP contribution in [0, 0.1) is 0 Å². The fraction of sp³-hybridized carbons (Fsp3) is 0.727. The Morgan fingerprint density at radius 2 is 1.77 bits per heavy atom. The van der Waals surface area contributed by atoms with E-state index in [9.17, 15) is 4.79 Å². The Kier molecular flexibility index (Phi) is 2.14. The zero-order valence-electron chi connectivity index (χ0n) is 7.97. The third-order valence-corrected chi connectivity index (χ3v) is 3.15. The molecule has 13 heavy (non-hydrogen) atoms. The number of esters is 1. The molecule has 2 aliphatic rings. The summed E-state index contributed by atoms with van der Waals surface area (Å²) in [6.45, 7) is 3.74. The van der Waals surface area contributed by atoms with Crippen molar-refractivity contribution in [3.8, 4) is 0 Å². The third-order valence-electron chi connectivity index (χ3n) is 3.15. The molecule has 0 aromatic heterocycles. The topological polar surface area (TPSA) is 26.3 Å². The van der Waals surface area contributed by atoms with Gasteiger partial charge in [-0.05, 0) is 25.7 Å². The van der Waals surface area contributed by atoms with Crippen LogP contribution < -0.4 is 0 Å². The zero-order chi connectivity index (χ0) is 9.31. The van der Waals surface area contributed by atoms with Crippen molar-refractivity contribution in [1.29, 1.82) is 0 Å². The summed E-state index contributed by atoms with van der Waals surface area (Å²) in [4.78, 5) is 11.2. The lowest BCUT2D eigenvalue weighted by Gasteiger charge is -2.25. The van der Waals surface area contributed by atoms with Crippen molar-refractivity contribution < 1.29 is 9.53 Å². The minimum absolute atomic E-state index is 0.148. The van der Waals surface area contributed by atoms with Gasteiger partial charge in [-0.25, -0.2) is 4.79 Å². The van der Waals surface area contributed by atoms with Gasteiger partial charge < -0.3 is 4.74 Å². The van der Waals surface area contributed by atoms with Gasteiger partial charge >= 0.3 is 5.97 Å². The van der Waals surface area contributed by atoms with Crippen LogP contribution in [0.3, 0.4) is 0 Å². The lowest BCUT2D eigenvalue weighted by atomic mass is 9.90. The van der Waals surface area contributed by atoms with Crippen LogP contribution in [0.4, 0.5) is 0 Å². The number of carbonyl (C=O) groups excluding carboxylic acids is 1. The van der Waals surface area contributed by atoms with Crippen molar-refractivity contribution in [2.45, 2.75) is 50.5 Å². The van der Waals surface area contributed by atoms with Crippen molar-refractivity contribution >= 4 is 5.97 Å². The van der Waals surface area contributed by atoms with Crippen LogP contribution in [0.2, 0.25) is 0 Å². The van der Waals surface area contributed by atoms with E-state index in [-0.39, 0.29) is 11.6 Å². The standard InChI is InChI=1S/C11H16O2/c1-9-8-11(13-10(9)12)6-4-2-3-5-7-11/h1-8H2. The average Bonchev–Trinajstić information content (AvgIpc) is 2.29. The Bertz CT molecular complexity index is 216. The quantitative estimate of drug-likeness (QED) is 0.423. The highest BCUT2D eigenvalue weighted by Crippen LogP contribution is 2.40. The van der Waals surface area contributed by atoms with E-state index in [1.165, 1.54) is 25.7 Å². The minimum Gasteiger partial charge on any atom is -0.455 e. The Morgan fingerprint density at radius 3 is 2.23 bits per heavy atom. The molecule has 0 aromatic rings. The van der Waals surface area contributed by atoms with Gasteiger partial charge in [0.15, 0.2) is 0 Å². The van der Waals surface area contributed by atoms with E-state index in [4.69, 9.17) is 4.74 Å². The molecule has 1 saturated carbocycles. The van der Waals surface area contributed by atoms with E-state index >= 15 is 0 Å². The lowest BCUT2D eigenvalue weighted by molar-refractivity contribution is -0.147. The van der Waals surface area contributed by atoms with E-state index < -0.39 is 0 Å². The second-order valence-electron chi connectivity index (χ2n) is 4.27. The van der Waals surface area contributed by atoms with E-state index in [1.807, 2.05) is 0 Å². The Hall–Kier alpha value is -0.790. The maximum Gasteiger partial charge on any atom is 0.334 e. The fourth-order valence-corrected chi connectivity index (χ4v) is 2.42. The molecule has 1 saturated heterocycles. The minimum atomic E-state index is -0.165. The van der Waals surface area contributed by atoms with Crippen LogP contribution in [-0.2, 0) is 9.53 Å². The summed E-state index contributed by atoms with van der Waals surface area (Å²) in [7, 11) is 0. The van der Waals surface area contributed by atoms with Crippen LogP contribution in [0.1, 0.15) is 44.9 Å². The first-order valence-corrected chi connectivity index (χ1v) is 5.13. The monoisotopic (exact) mass is 180 g/mol. The summed E-state index contributed by atoms with van der Waals surface area (Å²) >= 11 is 0. The van der Waals surface area contributed by atoms with Crippen LogP contribution >= 0.6 is 0 Å². The molecule has 0 atom stereocenters. The first-order valence-electron chi connectivity index (χ1n) is 5.13. The molecule has 0 N–H and O–H groups in total. The summed E-state index contributed by atoms with van der Waals surface area (Å²) in [5.41, 5.74) is 0.520. The van der Waals surface area contributed by atoms with Crippen LogP contribution in [0.15, 0.2) is 12.2 Å². The maximum atomic E-state index is 11.2. The molecule has 0 amide bonds. The SMILES string of the molecule is C=C1CC2(CCCCCC2)OC1=O. The number of hydrogen-bond donors (Lipinski definition) is 0. The molecule has 2 rings (SSSR count). The molecular formula is C11H16O2. The average molecular weight is 180 g/mol. The molecule has 0 bridgehead atoms. The van der Waals surface area contributed by atoms with Gasteiger partial charge in [-0.3, -0.25) is 0 Å². The maximum absolute atomic E-state index is 11.2. The number of rotatable bonds is 0. The number of carbonyl (C=O) groups is 1. The molecule has 1 spiro atoms. The molecule has 0 aromatic carbocycles. The van der Waals surface area contributed by atoms with E-state index in [1.54, 1.807) is 0 Å². The van der Waals surface area contributed by atoms with Gasteiger partial charge in [0.05, 0.1) is 0 Å². The highest BCUT2D eigenvalue weighted by molar-refractivity contribution is 5.90. The number of hydrogen-bond acceptors (Lipinski definition) is 2. The largest absolute Gasteiger partial charge is 0.455 e. The molecule has 2 nitrogen and oxygen atoms in total. The lowest BCUT2D eigenvalue weighted by Crippen LogP contribution is -2.27. The van der Waals surface area contributed by atoms with Crippen molar-refractivity contribution in [1.82, 2.24) is 0 Å². The fourth-order valence-electron chi connectivity index (χ4n) is 2.42. The van der Waals surface area contributed by atoms with Crippen molar-refractivity contribution in [2.75, 3.05) is 0 Å². The smallest absolute Gasteiger partial charge is 0.334 e. The summed E-state index contributed by atoms with van der Waals surface area (Å²) in [5, 5.41) is 0. The Labute approximate surface area is 79.0 Å². The van der Waals surface area contributed by atoms with Gasteiger partial charge in [0, 0.05) is 12.0 Å². The van der Waals surface area contributed by atoms with E-state index in [2.05, 4.69) is 6.58 Å². The highest BCUT2D eigenvalue weighted by Gasteiger charge is 2.42. The van der Waals surface area contributed by atoms with Gasteiger partial charge in [-0.2, -0.15) is 0 Å². The van der Waals surface area contributed by atoms with Gasteiger partial charge in [-0.1, -0.05) is 19.4 Å². The van der Waals surface area contributed by atoms with Gasteiger partial charge in [-0.15, -0.1) is 0 Å². The van der Waals surface area contributed by atoms with Crippen LogP contribution in [0.25, 0.3) is 0 Å². The van der Waals surface area contributed by atoms with Crippen LogP contribution in [-0.4, -0.2) is 11.6 Å². The predicted molar refractivity (Wildman–Crippen MR) is 50.3 cm³/mol. The molecule has 72 valence electrons. The van der Waals surface area contributed by atoms with E-state index in [0.717, 1.165) is 19.3 Å². The predicted octanol–water partition coefficient (Wildman–Crippen LogP) is 2.58. The first kappa shape index (κ1) is 8.79. The van der Waals surface area contributed by atoms with Gasteiger partial charge in [0.2, 0.25) is 0 Å². The molecule has 1 heterocycles. The van der Waals surface area contributed by atoms with E-state index in [0.29, 0.717) is 5.57 Å². The summed E-state index contributed by atoms with van der Waals surface area (Å²) in [6.07, 6.45) is 7.81. The number of ether oxygens (including phenoxy) is 1. The van der Waals surface area contributed by atoms with Crippen molar-refractivity contribution in [3.63, 3.8) is 0 Å². The Balaban J connectivity index is 2.11. The molecule has 1 aliphatic carbocycles. The van der Waals surface area contributed by atoms with Gasteiger partial charge in [0.25, 0.3) is 0 Å². The second kappa shape index (κ2) is 3.17. The molecule has 2 heteroatoms. The molecule has 0 unspecified atom stereocenters. The molecule has 1 aliphatic heterocycles. The molecule has 2 fully saturated rings. The Morgan fingerprint density at radius 1 is 1.15 bits per heavy atom. The van der Waals surface area contributed by atoms with Crippen LogP contribution in [0.5, 0.6) is 0 Å². The summed E-state index contributed by atoms with van der Waals surface area (Å²) in [6, 6.07) is 0. The zero-order valence-corrected chi connectivity index (χ0v) is 7.97. The first-order chi connectivity index (χ1) is 6.22. The molecule has 0 radical (unpaired) electrons. The summed E-state index contributed by atoms with van der Waals surface area (Å²) in [5.74, 6) is -0.165. The normalized spacial score (nSPS) is 27.4. The summed E-state index contributed by atoms with van der Waals surface area (Å²) < 4.78 is 5.44. The molecular weight excluding hydrogens is 164 g/mol. The van der Waals surface area contributed by atoms with Crippen molar-refractivity contribution in [2.24, 2.45) is 0 Å².